The van der Waals surface area contributed by atoms with Gasteiger partial charge in [-0.1, -0.05) is 13.8 Å². The smallest absolute Gasteiger partial charge is 0.221 e. The third-order valence-corrected chi connectivity index (χ3v) is 2.73. The van der Waals surface area contributed by atoms with Crippen molar-refractivity contribution in [3.05, 3.63) is 11.4 Å². The number of aromatic amines is 1. The number of nitrogens with two attached hydrogens (primary N) is 1. The zero-order valence-electron chi connectivity index (χ0n) is 10.5. The number of aromatic nitrogens is 3. The molecule has 0 saturated heterocycles. The molecule has 0 aliphatic carbocycles. The van der Waals surface area contributed by atoms with E-state index in [-0.39, 0.29) is 0 Å². The zero-order valence-corrected chi connectivity index (χ0v) is 10.5. The number of hydrogen-bond acceptors (Lipinski definition) is 4. The number of fused-ring (bicyclic) bond motifs is 1. The molecule has 0 amide bonds. The van der Waals surface area contributed by atoms with Crippen molar-refractivity contribution in [2.75, 3.05) is 12.3 Å². The molecule has 2 heterocycles. The molecule has 92 valence electrons. The van der Waals surface area contributed by atoms with Gasteiger partial charge >= 0.3 is 0 Å². The van der Waals surface area contributed by atoms with Gasteiger partial charge < -0.3 is 15.5 Å². The molecule has 0 radical (unpaired) electrons. The van der Waals surface area contributed by atoms with Gasteiger partial charge in [-0.15, -0.1) is 0 Å². The number of ether oxygens (including phenoxy) is 1. The number of rotatable bonds is 4. The summed E-state index contributed by atoms with van der Waals surface area (Å²) in [6, 6.07) is 0. The van der Waals surface area contributed by atoms with Gasteiger partial charge in [-0.05, 0) is 19.8 Å². The van der Waals surface area contributed by atoms with Gasteiger partial charge in [0.25, 0.3) is 0 Å². The number of anilines is 1. The largest absolute Gasteiger partial charge is 0.478 e. The first-order chi connectivity index (χ1) is 8.21. The lowest BCUT2D eigenvalue weighted by atomic mass is 10.2. The van der Waals surface area contributed by atoms with E-state index in [4.69, 9.17) is 10.5 Å². The Bertz CT molecular complexity index is 533. The number of nitrogens with one attached hydrogen (secondary N) is 1. The Labute approximate surface area is 100 Å². The molecular formula is C12H18N4O. The first kappa shape index (κ1) is 11.7. The van der Waals surface area contributed by atoms with E-state index in [1.54, 1.807) is 0 Å². The summed E-state index contributed by atoms with van der Waals surface area (Å²) in [5.74, 6) is 1.14. The summed E-state index contributed by atoms with van der Waals surface area (Å²) >= 11 is 0. The number of aryl methyl sites for hydroxylation is 2. The molecule has 5 nitrogen and oxygen atoms in total. The fraction of sp³-hybridized carbons (Fsp3) is 0.500. The van der Waals surface area contributed by atoms with E-state index in [0.29, 0.717) is 23.8 Å². The molecule has 0 aromatic carbocycles. The van der Waals surface area contributed by atoms with E-state index in [0.717, 1.165) is 29.7 Å². The summed E-state index contributed by atoms with van der Waals surface area (Å²) < 4.78 is 5.47. The second-order valence-electron chi connectivity index (χ2n) is 3.82. The maximum absolute atomic E-state index is 5.88. The van der Waals surface area contributed by atoms with Gasteiger partial charge in [0, 0.05) is 0 Å². The van der Waals surface area contributed by atoms with Crippen molar-refractivity contribution in [1.82, 2.24) is 15.0 Å². The molecule has 5 heteroatoms. The van der Waals surface area contributed by atoms with Gasteiger partial charge in [-0.25, -0.2) is 9.97 Å². The minimum Gasteiger partial charge on any atom is -0.478 e. The summed E-state index contributed by atoms with van der Waals surface area (Å²) in [4.78, 5) is 12.2. The van der Waals surface area contributed by atoms with E-state index in [9.17, 15) is 0 Å². The third-order valence-electron chi connectivity index (χ3n) is 2.73. The lowest BCUT2D eigenvalue weighted by Gasteiger charge is -2.05. The molecular weight excluding hydrogens is 216 g/mol. The van der Waals surface area contributed by atoms with Crippen LogP contribution in [0.4, 0.5) is 5.82 Å². The lowest BCUT2D eigenvalue weighted by Crippen LogP contribution is -2.00. The van der Waals surface area contributed by atoms with Crippen LogP contribution in [0.1, 0.15) is 32.2 Å². The molecule has 0 aliphatic rings. The van der Waals surface area contributed by atoms with Crippen molar-refractivity contribution in [2.45, 2.75) is 33.6 Å². The average molecular weight is 234 g/mol. The minimum atomic E-state index is 0.522. The molecule has 0 unspecified atom stereocenters. The predicted octanol–water partition coefficient (Wildman–Crippen LogP) is 2.06. The Kier molecular flexibility index (Phi) is 3.17. The highest BCUT2D eigenvalue weighted by Crippen LogP contribution is 2.28. The van der Waals surface area contributed by atoms with Crippen molar-refractivity contribution < 1.29 is 4.74 Å². The zero-order chi connectivity index (χ0) is 12.4. The van der Waals surface area contributed by atoms with Gasteiger partial charge in [0.1, 0.15) is 11.3 Å². The lowest BCUT2D eigenvalue weighted by molar-refractivity contribution is 0.332. The monoisotopic (exact) mass is 234 g/mol. The van der Waals surface area contributed by atoms with Crippen LogP contribution in [0, 0.1) is 0 Å². The van der Waals surface area contributed by atoms with Crippen LogP contribution in [0.15, 0.2) is 0 Å². The Morgan fingerprint density at radius 2 is 1.65 bits per heavy atom. The van der Waals surface area contributed by atoms with Crippen LogP contribution in [0.2, 0.25) is 0 Å². The van der Waals surface area contributed by atoms with E-state index in [2.05, 4.69) is 28.8 Å². The van der Waals surface area contributed by atoms with Crippen LogP contribution in [-0.2, 0) is 12.8 Å². The van der Waals surface area contributed by atoms with Crippen molar-refractivity contribution in [1.29, 1.82) is 0 Å². The van der Waals surface area contributed by atoms with Crippen LogP contribution in [0.5, 0.6) is 5.88 Å². The third kappa shape index (κ3) is 1.92. The summed E-state index contributed by atoms with van der Waals surface area (Å²) in [7, 11) is 0. The van der Waals surface area contributed by atoms with Crippen molar-refractivity contribution >= 4 is 16.9 Å². The molecule has 17 heavy (non-hydrogen) atoms. The van der Waals surface area contributed by atoms with Crippen LogP contribution < -0.4 is 10.5 Å². The van der Waals surface area contributed by atoms with Crippen LogP contribution in [0.25, 0.3) is 11.0 Å². The topological polar surface area (TPSA) is 76.8 Å². The van der Waals surface area contributed by atoms with Crippen molar-refractivity contribution in [3.63, 3.8) is 0 Å². The van der Waals surface area contributed by atoms with E-state index < -0.39 is 0 Å². The number of H-pyrrole nitrogens is 1. The Morgan fingerprint density at radius 3 is 2.18 bits per heavy atom. The molecule has 2 aromatic rings. The van der Waals surface area contributed by atoms with Crippen LogP contribution in [-0.4, -0.2) is 21.6 Å². The highest BCUT2D eigenvalue weighted by Gasteiger charge is 2.15. The molecule has 0 fully saturated rings. The average Bonchev–Trinajstić information content (AvgIpc) is 2.65. The Balaban J connectivity index is 2.66. The molecule has 0 saturated carbocycles. The van der Waals surface area contributed by atoms with Crippen LogP contribution >= 0.6 is 0 Å². The minimum absolute atomic E-state index is 0.522. The standard InChI is InChI=1S/C12H18N4O/c1-4-7-8(5-2)15-10-9(14-7)11(13)16-12(10)17-6-3/h16H,4-6,13H2,1-3H3. The first-order valence-corrected chi connectivity index (χ1v) is 6.00. The summed E-state index contributed by atoms with van der Waals surface area (Å²) in [5, 5.41) is 0. The Hall–Kier alpha value is -1.78. The van der Waals surface area contributed by atoms with E-state index in [1.165, 1.54) is 0 Å². The second kappa shape index (κ2) is 4.61. The SMILES string of the molecule is CCOc1[nH]c(N)c2nc(CC)c(CC)nc12. The summed E-state index contributed by atoms with van der Waals surface area (Å²) in [6.07, 6.45) is 1.73. The van der Waals surface area contributed by atoms with Gasteiger partial charge in [0.15, 0.2) is 5.52 Å². The van der Waals surface area contributed by atoms with Gasteiger partial charge in [0.2, 0.25) is 5.88 Å². The van der Waals surface area contributed by atoms with E-state index >= 15 is 0 Å². The van der Waals surface area contributed by atoms with Gasteiger partial charge in [-0.3, -0.25) is 0 Å². The molecule has 3 N–H and O–H groups in total. The summed E-state index contributed by atoms with van der Waals surface area (Å²) in [6.45, 7) is 6.65. The molecule has 0 spiro atoms. The number of nitrogen functional groups attached to an aromatic ring is 1. The predicted molar refractivity (Wildman–Crippen MR) is 68.2 cm³/mol. The maximum Gasteiger partial charge on any atom is 0.221 e. The van der Waals surface area contributed by atoms with Gasteiger partial charge in [0.05, 0.1) is 18.0 Å². The van der Waals surface area contributed by atoms with Gasteiger partial charge in [-0.2, -0.15) is 0 Å². The normalized spacial score (nSPS) is 11.0. The molecule has 0 aliphatic heterocycles. The number of hydrogen-bond donors (Lipinski definition) is 2. The number of nitrogens with zero attached hydrogens (tertiary/aromatic N) is 2. The summed E-state index contributed by atoms with van der Waals surface area (Å²) in [5.41, 5.74) is 9.35. The molecule has 0 bridgehead atoms. The maximum atomic E-state index is 5.88. The van der Waals surface area contributed by atoms with E-state index in [1.807, 2.05) is 6.92 Å². The quantitative estimate of drug-likeness (QED) is 0.849. The first-order valence-electron chi connectivity index (χ1n) is 6.00. The molecule has 0 atom stereocenters. The highest BCUT2D eigenvalue weighted by molar-refractivity contribution is 5.90. The fourth-order valence-corrected chi connectivity index (χ4v) is 1.91. The molecule has 2 rings (SSSR count). The van der Waals surface area contributed by atoms with Crippen molar-refractivity contribution in [2.24, 2.45) is 0 Å². The van der Waals surface area contributed by atoms with Crippen molar-refractivity contribution in [3.8, 4) is 5.88 Å². The second-order valence-corrected chi connectivity index (χ2v) is 3.82. The fourth-order valence-electron chi connectivity index (χ4n) is 1.91. The molecule has 2 aromatic heterocycles. The highest BCUT2D eigenvalue weighted by atomic mass is 16.5. The van der Waals surface area contributed by atoms with Crippen LogP contribution in [0.3, 0.4) is 0 Å². The Morgan fingerprint density at radius 1 is 1.06 bits per heavy atom.